The molecule has 0 aromatic heterocycles. The topological polar surface area (TPSA) is 0 Å². The fraction of sp³-hybridized carbons (Fsp3) is 0.889. The first-order valence-corrected chi connectivity index (χ1v) is 11.4. The van der Waals surface area contributed by atoms with E-state index in [1.54, 1.807) is 0 Å². The Morgan fingerprint density at radius 2 is 1.45 bits per heavy atom. The van der Waals surface area contributed by atoms with Crippen LogP contribution in [0, 0.1) is 0 Å². The van der Waals surface area contributed by atoms with E-state index in [1.807, 2.05) is 0 Å². The zero-order valence-electron chi connectivity index (χ0n) is 13.5. The van der Waals surface area contributed by atoms with Crippen LogP contribution in [0.2, 0.25) is 17.0 Å². The molecular weight excluding hydrogens is 306 g/mol. The third-order valence-electron chi connectivity index (χ3n) is 5.40. The summed E-state index contributed by atoms with van der Waals surface area (Å²) in [5, 5.41) is 1.46. The molecule has 0 aromatic carbocycles. The quantitative estimate of drug-likeness (QED) is 0.387. The molecule has 0 saturated heterocycles. The fourth-order valence-electron chi connectivity index (χ4n) is 4.18. The second kappa shape index (κ2) is 10.1. The SMILES string of the molecule is CCCC[Se]/C=C/B(C1CCCCC1)C1CCCCC1. The second-order valence-corrected chi connectivity index (χ2v) is 9.05. The molecule has 0 aromatic rings. The molecule has 114 valence electrons. The summed E-state index contributed by atoms with van der Waals surface area (Å²) >= 11 is 0.775. The first-order chi connectivity index (χ1) is 9.92. The summed E-state index contributed by atoms with van der Waals surface area (Å²) in [5.74, 6) is 4.76. The van der Waals surface area contributed by atoms with Gasteiger partial charge in [0.1, 0.15) is 0 Å². The normalized spacial score (nSPS) is 22.4. The maximum absolute atomic E-state index is 2.70. The fourth-order valence-corrected chi connectivity index (χ4v) is 6.03. The van der Waals surface area contributed by atoms with Gasteiger partial charge in [-0.25, -0.2) is 0 Å². The van der Waals surface area contributed by atoms with E-state index < -0.39 is 0 Å². The summed E-state index contributed by atoms with van der Waals surface area (Å²) in [4.78, 5) is 2.61. The van der Waals surface area contributed by atoms with E-state index in [2.05, 4.69) is 17.9 Å². The molecule has 0 heterocycles. The van der Waals surface area contributed by atoms with Crippen LogP contribution in [0.4, 0.5) is 0 Å². The van der Waals surface area contributed by atoms with Crippen molar-refractivity contribution in [2.45, 2.75) is 101 Å². The van der Waals surface area contributed by atoms with Crippen molar-refractivity contribution >= 4 is 21.7 Å². The van der Waals surface area contributed by atoms with Gasteiger partial charge in [0.05, 0.1) is 0 Å². The van der Waals surface area contributed by atoms with Gasteiger partial charge in [-0.2, -0.15) is 0 Å². The van der Waals surface area contributed by atoms with E-state index >= 15 is 0 Å². The molecule has 0 nitrogen and oxygen atoms in total. The Hall–Kier alpha value is 0.324. The van der Waals surface area contributed by atoms with Gasteiger partial charge in [-0.1, -0.05) is 0 Å². The summed E-state index contributed by atoms with van der Waals surface area (Å²) in [5.41, 5.74) is 0. The monoisotopic (exact) mass is 340 g/mol. The van der Waals surface area contributed by atoms with Gasteiger partial charge in [-0.15, -0.1) is 0 Å². The summed E-state index contributed by atoms with van der Waals surface area (Å²) in [7, 11) is 0. The number of rotatable bonds is 7. The molecule has 0 unspecified atom stereocenters. The Balaban J connectivity index is 1.87. The maximum atomic E-state index is 2.70. The van der Waals surface area contributed by atoms with Gasteiger partial charge in [0.15, 0.2) is 0 Å². The van der Waals surface area contributed by atoms with Gasteiger partial charge in [-0.3, -0.25) is 0 Å². The molecular formula is C18H33BSe. The third-order valence-corrected chi connectivity index (χ3v) is 7.23. The van der Waals surface area contributed by atoms with E-state index in [0.29, 0.717) is 0 Å². The van der Waals surface area contributed by atoms with Crippen LogP contribution < -0.4 is 0 Å². The van der Waals surface area contributed by atoms with Crippen LogP contribution in [0.3, 0.4) is 0 Å². The van der Waals surface area contributed by atoms with Crippen molar-refractivity contribution in [3.63, 3.8) is 0 Å². The predicted octanol–water partition coefficient (Wildman–Crippen LogP) is 6.13. The zero-order chi connectivity index (χ0) is 14.0. The second-order valence-electron chi connectivity index (χ2n) is 6.93. The Morgan fingerprint density at radius 1 is 0.900 bits per heavy atom. The first kappa shape index (κ1) is 16.7. The molecule has 0 radical (unpaired) electrons. The van der Waals surface area contributed by atoms with Gasteiger partial charge in [-0.05, 0) is 0 Å². The Morgan fingerprint density at radius 3 is 1.95 bits per heavy atom. The van der Waals surface area contributed by atoms with Gasteiger partial charge < -0.3 is 0 Å². The van der Waals surface area contributed by atoms with E-state index in [4.69, 9.17) is 0 Å². The van der Waals surface area contributed by atoms with Crippen LogP contribution in [0.25, 0.3) is 0 Å². The number of unbranched alkanes of at least 4 members (excludes halogenated alkanes) is 1. The molecule has 2 aliphatic carbocycles. The van der Waals surface area contributed by atoms with Crippen molar-refractivity contribution in [2.24, 2.45) is 0 Å². The van der Waals surface area contributed by atoms with Crippen LogP contribution >= 0.6 is 0 Å². The summed E-state index contributed by atoms with van der Waals surface area (Å²) in [6, 6.07) is 0. The third kappa shape index (κ3) is 5.61. The minimum absolute atomic E-state index is 0.775. The predicted molar refractivity (Wildman–Crippen MR) is 94.0 cm³/mol. The van der Waals surface area contributed by atoms with Gasteiger partial charge in [0.2, 0.25) is 0 Å². The molecule has 20 heavy (non-hydrogen) atoms. The van der Waals surface area contributed by atoms with Crippen LogP contribution in [0.5, 0.6) is 0 Å². The minimum atomic E-state index is 0.775. The van der Waals surface area contributed by atoms with Crippen molar-refractivity contribution in [2.75, 3.05) is 0 Å². The molecule has 2 aliphatic rings. The molecule has 2 heteroatoms. The van der Waals surface area contributed by atoms with Crippen molar-refractivity contribution in [3.05, 3.63) is 10.9 Å². The first-order valence-electron chi connectivity index (χ1n) is 9.20. The van der Waals surface area contributed by atoms with Gasteiger partial charge in [0.25, 0.3) is 0 Å². The summed E-state index contributed by atoms with van der Waals surface area (Å²) in [6.07, 6.45) is 17.9. The van der Waals surface area contributed by atoms with Crippen LogP contribution in [-0.4, -0.2) is 21.7 Å². The average Bonchev–Trinajstić information content (AvgIpc) is 2.53. The summed E-state index contributed by atoms with van der Waals surface area (Å²) < 4.78 is 0. The molecule has 2 rings (SSSR count). The number of hydrogen-bond donors (Lipinski definition) is 0. The average molecular weight is 339 g/mol. The van der Waals surface area contributed by atoms with E-state index in [9.17, 15) is 0 Å². The van der Waals surface area contributed by atoms with Crippen molar-refractivity contribution in [1.29, 1.82) is 0 Å². The molecule has 2 fully saturated rings. The molecule has 0 aliphatic heterocycles. The van der Waals surface area contributed by atoms with Gasteiger partial charge >= 0.3 is 134 Å². The Labute approximate surface area is 133 Å². The molecule has 0 N–H and O–H groups in total. The molecule has 0 amide bonds. The van der Waals surface area contributed by atoms with Gasteiger partial charge in [0, 0.05) is 0 Å². The molecule has 0 spiro atoms. The van der Waals surface area contributed by atoms with E-state index in [0.717, 1.165) is 33.3 Å². The molecule has 2 saturated carbocycles. The summed E-state index contributed by atoms with van der Waals surface area (Å²) in [6.45, 7) is 3.26. The van der Waals surface area contributed by atoms with Crippen molar-refractivity contribution in [1.82, 2.24) is 0 Å². The molecule has 0 atom stereocenters. The van der Waals surface area contributed by atoms with Crippen LogP contribution in [-0.2, 0) is 0 Å². The van der Waals surface area contributed by atoms with Crippen LogP contribution in [0.15, 0.2) is 10.9 Å². The van der Waals surface area contributed by atoms with Crippen molar-refractivity contribution in [3.8, 4) is 0 Å². The molecule has 0 bridgehead atoms. The van der Waals surface area contributed by atoms with Crippen LogP contribution in [0.1, 0.15) is 84.0 Å². The Kier molecular flexibility index (Phi) is 8.44. The van der Waals surface area contributed by atoms with E-state index in [1.165, 1.54) is 82.4 Å². The van der Waals surface area contributed by atoms with Crippen molar-refractivity contribution < 1.29 is 0 Å². The number of hydrogen-bond acceptors (Lipinski definition) is 0. The Bertz CT molecular complexity index is 247. The zero-order valence-corrected chi connectivity index (χ0v) is 15.2. The van der Waals surface area contributed by atoms with E-state index in [-0.39, 0.29) is 0 Å². The standard InChI is InChI=1S/C18H33BSe/c1-2-3-15-20-16-14-19(17-10-6-4-7-11-17)18-12-8-5-9-13-18/h14,16-18H,2-13,15H2,1H3/b16-14+.